The molecule has 3 nitrogen and oxygen atoms in total. The number of likely N-dealkylation sites (tertiary alicyclic amines) is 1. The van der Waals surface area contributed by atoms with Crippen molar-refractivity contribution in [3.63, 3.8) is 0 Å². The van der Waals surface area contributed by atoms with Crippen molar-refractivity contribution in [2.24, 2.45) is 5.73 Å². The van der Waals surface area contributed by atoms with Gasteiger partial charge in [-0.25, -0.2) is 4.39 Å². The van der Waals surface area contributed by atoms with Gasteiger partial charge in [-0.2, -0.15) is 0 Å². The zero-order valence-electron chi connectivity index (χ0n) is 11.7. The number of rotatable bonds is 3. The van der Waals surface area contributed by atoms with E-state index in [4.69, 9.17) is 5.73 Å². The summed E-state index contributed by atoms with van der Waals surface area (Å²) >= 11 is 0. The molecule has 1 heterocycles. The van der Waals surface area contributed by atoms with E-state index < -0.39 is 0 Å². The monoisotopic (exact) mass is 300 g/mol. The van der Waals surface area contributed by atoms with Crippen LogP contribution in [0.2, 0.25) is 0 Å². The van der Waals surface area contributed by atoms with Crippen LogP contribution in [0.15, 0.2) is 24.3 Å². The van der Waals surface area contributed by atoms with Crippen LogP contribution in [0.1, 0.15) is 37.7 Å². The van der Waals surface area contributed by atoms with E-state index in [0.717, 1.165) is 25.9 Å². The summed E-state index contributed by atoms with van der Waals surface area (Å²) in [6.07, 6.45) is 2.08. The quantitative estimate of drug-likeness (QED) is 0.933. The summed E-state index contributed by atoms with van der Waals surface area (Å²) in [6, 6.07) is 6.88. The number of carbonyl (C=O) groups excluding carboxylic acids is 1. The van der Waals surface area contributed by atoms with E-state index >= 15 is 0 Å². The van der Waals surface area contributed by atoms with Gasteiger partial charge >= 0.3 is 0 Å². The molecule has 0 aromatic heterocycles. The summed E-state index contributed by atoms with van der Waals surface area (Å²) in [4.78, 5) is 14.0. The number of carbonyl (C=O) groups is 1. The minimum atomic E-state index is -0.233. The third kappa shape index (κ3) is 4.18. The molecule has 2 N–H and O–H groups in total. The molecule has 1 aromatic carbocycles. The van der Waals surface area contributed by atoms with Crippen molar-refractivity contribution >= 4 is 18.3 Å². The summed E-state index contributed by atoms with van der Waals surface area (Å²) in [6.45, 7) is 3.35. The van der Waals surface area contributed by atoms with Crippen LogP contribution in [0.4, 0.5) is 4.39 Å². The van der Waals surface area contributed by atoms with Crippen molar-refractivity contribution in [3.05, 3.63) is 35.6 Å². The molecule has 0 bridgehead atoms. The highest BCUT2D eigenvalue weighted by molar-refractivity contribution is 5.85. The van der Waals surface area contributed by atoms with Crippen molar-refractivity contribution in [1.29, 1.82) is 0 Å². The topological polar surface area (TPSA) is 46.3 Å². The fraction of sp³-hybridized carbons (Fsp3) is 0.533. The Kier molecular flexibility index (Phi) is 6.43. The van der Waals surface area contributed by atoms with Gasteiger partial charge in [0.2, 0.25) is 5.91 Å². The first-order valence-corrected chi connectivity index (χ1v) is 6.85. The lowest BCUT2D eigenvalue weighted by Crippen LogP contribution is -2.43. The average Bonchev–Trinajstić information content (AvgIpc) is 2.39. The Bertz CT molecular complexity index is 447. The number of benzene rings is 1. The molecule has 1 amide bonds. The van der Waals surface area contributed by atoms with Crippen molar-refractivity contribution < 1.29 is 9.18 Å². The van der Waals surface area contributed by atoms with Crippen LogP contribution in [-0.4, -0.2) is 29.9 Å². The van der Waals surface area contributed by atoms with Gasteiger partial charge in [0.15, 0.2) is 0 Å². The number of halogens is 2. The van der Waals surface area contributed by atoms with Gasteiger partial charge in [-0.1, -0.05) is 25.1 Å². The molecular formula is C15H22ClFN2O. The van der Waals surface area contributed by atoms with E-state index in [-0.39, 0.29) is 36.1 Å². The van der Waals surface area contributed by atoms with Crippen LogP contribution in [0.5, 0.6) is 0 Å². The largest absolute Gasteiger partial charge is 0.343 e. The van der Waals surface area contributed by atoms with Gasteiger partial charge in [0.1, 0.15) is 5.82 Å². The number of hydrogen-bond donors (Lipinski definition) is 1. The minimum Gasteiger partial charge on any atom is -0.343 e. The Hall–Kier alpha value is -1.13. The summed E-state index contributed by atoms with van der Waals surface area (Å²) in [5.74, 6) is -0.226. The van der Waals surface area contributed by atoms with Crippen molar-refractivity contribution in [2.45, 2.75) is 38.1 Å². The molecule has 1 atom stereocenters. The Labute approximate surface area is 125 Å². The molecule has 0 aliphatic carbocycles. The number of nitrogens with zero attached hydrogens (tertiary/aromatic N) is 1. The fourth-order valence-electron chi connectivity index (χ4n) is 2.52. The summed E-state index contributed by atoms with van der Waals surface area (Å²) in [7, 11) is 0. The molecule has 2 rings (SSSR count). The second-order valence-corrected chi connectivity index (χ2v) is 5.34. The van der Waals surface area contributed by atoms with Crippen molar-refractivity contribution in [3.8, 4) is 0 Å². The normalized spacial score (nSPS) is 17.4. The van der Waals surface area contributed by atoms with Gasteiger partial charge in [-0.3, -0.25) is 4.79 Å². The summed E-state index contributed by atoms with van der Waals surface area (Å²) < 4.78 is 13.6. The van der Waals surface area contributed by atoms with Gasteiger partial charge in [0.05, 0.1) is 0 Å². The van der Waals surface area contributed by atoms with E-state index in [1.54, 1.807) is 18.2 Å². The van der Waals surface area contributed by atoms with Gasteiger partial charge in [0.25, 0.3) is 0 Å². The van der Waals surface area contributed by atoms with E-state index in [1.165, 1.54) is 6.07 Å². The highest BCUT2D eigenvalue weighted by Crippen LogP contribution is 2.23. The van der Waals surface area contributed by atoms with Crippen LogP contribution >= 0.6 is 12.4 Å². The third-order valence-corrected chi connectivity index (χ3v) is 3.81. The van der Waals surface area contributed by atoms with Gasteiger partial charge in [-0.15, -0.1) is 12.4 Å². The first-order valence-electron chi connectivity index (χ1n) is 6.85. The Balaban J connectivity index is 0.00000200. The van der Waals surface area contributed by atoms with E-state index in [1.807, 2.05) is 11.8 Å². The maximum Gasteiger partial charge on any atom is 0.223 e. The van der Waals surface area contributed by atoms with Crippen molar-refractivity contribution in [1.82, 2.24) is 4.90 Å². The molecule has 0 saturated carbocycles. The average molecular weight is 301 g/mol. The van der Waals surface area contributed by atoms with Gasteiger partial charge < -0.3 is 10.6 Å². The Morgan fingerprint density at radius 1 is 1.40 bits per heavy atom. The van der Waals surface area contributed by atoms with Crippen molar-refractivity contribution in [2.75, 3.05) is 13.1 Å². The predicted molar refractivity (Wildman–Crippen MR) is 80.5 cm³/mol. The lowest BCUT2D eigenvalue weighted by Gasteiger charge is -2.31. The zero-order chi connectivity index (χ0) is 13.8. The van der Waals surface area contributed by atoms with Crippen LogP contribution < -0.4 is 5.73 Å². The molecule has 1 aromatic rings. The molecule has 5 heteroatoms. The maximum atomic E-state index is 13.6. The first-order chi connectivity index (χ1) is 9.08. The fourth-order valence-corrected chi connectivity index (χ4v) is 2.52. The molecule has 1 fully saturated rings. The smallest absolute Gasteiger partial charge is 0.223 e. The van der Waals surface area contributed by atoms with Crippen LogP contribution in [-0.2, 0) is 4.79 Å². The lowest BCUT2D eigenvalue weighted by atomic mass is 9.96. The van der Waals surface area contributed by atoms with E-state index in [2.05, 4.69) is 0 Å². The molecule has 1 aliphatic heterocycles. The Morgan fingerprint density at radius 3 is 2.60 bits per heavy atom. The number of nitrogens with two attached hydrogens (primary N) is 1. The van der Waals surface area contributed by atoms with Gasteiger partial charge in [-0.05, 0) is 30.4 Å². The molecule has 0 radical (unpaired) electrons. The maximum absolute atomic E-state index is 13.6. The second kappa shape index (κ2) is 7.60. The Morgan fingerprint density at radius 2 is 2.00 bits per heavy atom. The number of amides is 1. The third-order valence-electron chi connectivity index (χ3n) is 3.81. The standard InChI is InChI=1S/C15H21FN2O.ClH/c1-11(13-4-2-3-5-14(13)16)10-15(19)18-8-6-12(17)7-9-18;/h2-5,11-12H,6-10,17H2,1H3;1H. The second-order valence-electron chi connectivity index (χ2n) is 5.34. The van der Waals surface area contributed by atoms with Crippen LogP contribution in [0, 0.1) is 5.82 Å². The SMILES string of the molecule is CC(CC(=O)N1CCC(N)CC1)c1ccccc1F.Cl. The molecule has 20 heavy (non-hydrogen) atoms. The minimum absolute atomic E-state index is 0. The highest BCUT2D eigenvalue weighted by atomic mass is 35.5. The highest BCUT2D eigenvalue weighted by Gasteiger charge is 2.23. The zero-order valence-corrected chi connectivity index (χ0v) is 12.5. The molecular weight excluding hydrogens is 279 g/mol. The van der Waals surface area contributed by atoms with E-state index in [9.17, 15) is 9.18 Å². The predicted octanol–water partition coefficient (Wildman–Crippen LogP) is 2.69. The number of piperidine rings is 1. The van der Waals surface area contributed by atoms with E-state index in [0.29, 0.717) is 12.0 Å². The van der Waals surface area contributed by atoms with Crippen LogP contribution in [0.3, 0.4) is 0 Å². The lowest BCUT2D eigenvalue weighted by molar-refractivity contribution is -0.132. The molecule has 112 valence electrons. The molecule has 1 unspecified atom stereocenters. The van der Waals surface area contributed by atoms with Gasteiger partial charge in [0, 0.05) is 25.6 Å². The summed E-state index contributed by atoms with van der Waals surface area (Å²) in [5, 5.41) is 0. The molecule has 1 aliphatic rings. The number of hydrogen-bond acceptors (Lipinski definition) is 2. The summed E-state index contributed by atoms with van der Waals surface area (Å²) in [5.41, 5.74) is 6.44. The first kappa shape index (κ1) is 16.9. The molecule has 0 spiro atoms. The molecule has 1 saturated heterocycles. The van der Waals surface area contributed by atoms with Crippen LogP contribution in [0.25, 0.3) is 0 Å².